The average molecular weight is 330 g/mol. The van der Waals surface area contributed by atoms with Crippen molar-refractivity contribution < 1.29 is 19.1 Å². The maximum atomic E-state index is 11.3. The van der Waals surface area contributed by atoms with Crippen LogP contribution < -0.4 is 5.32 Å². The van der Waals surface area contributed by atoms with Gasteiger partial charge in [-0.2, -0.15) is 0 Å². The third-order valence-corrected chi connectivity index (χ3v) is 3.26. The first-order chi connectivity index (χ1) is 9.08. The van der Waals surface area contributed by atoms with Gasteiger partial charge in [0, 0.05) is 17.6 Å². The van der Waals surface area contributed by atoms with E-state index in [-0.39, 0.29) is 11.9 Å². The first-order valence-corrected chi connectivity index (χ1v) is 6.52. The van der Waals surface area contributed by atoms with Gasteiger partial charge in [0.15, 0.2) is 0 Å². The Kier molecular flexibility index (Phi) is 6.52. The van der Waals surface area contributed by atoms with E-state index in [1.807, 2.05) is 6.07 Å². The van der Waals surface area contributed by atoms with Gasteiger partial charge in [-0.3, -0.25) is 4.79 Å². The van der Waals surface area contributed by atoms with Crippen molar-refractivity contribution in [3.05, 3.63) is 33.8 Å². The number of methoxy groups -OCH3 is 2. The fourth-order valence-electron chi connectivity index (χ4n) is 1.45. The third-order valence-electron chi connectivity index (χ3n) is 2.52. The van der Waals surface area contributed by atoms with E-state index in [2.05, 4.69) is 30.7 Å². The fraction of sp³-hybridized carbons (Fsp3) is 0.385. The number of esters is 2. The molecule has 0 aliphatic carbocycles. The summed E-state index contributed by atoms with van der Waals surface area (Å²) in [5.74, 6) is -0.612. The van der Waals surface area contributed by atoms with Crippen LogP contribution in [-0.2, 0) is 20.8 Å². The molecule has 5 nitrogen and oxygen atoms in total. The van der Waals surface area contributed by atoms with Crippen LogP contribution in [0.15, 0.2) is 22.7 Å². The standard InChI is InChI=1S/C13H16BrNO4/c1-18-12(16)5-6-15-8-10-4-3-9(7-11(10)14)13(17)19-2/h3-4,7,15H,5-6,8H2,1-2H3. The molecular weight excluding hydrogens is 314 g/mol. The van der Waals surface area contributed by atoms with E-state index < -0.39 is 0 Å². The number of carbonyl (C=O) groups excluding carboxylic acids is 2. The minimum absolute atomic E-state index is 0.243. The molecule has 0 heterocycles. The molecule has 6 heteroatoms. The van der Waals surface area contributed by atoms with Gasteiger partial charge in [-0.15, -0.1) is 0 Å². The SMILES string of the molecule is COC(=O)CCNCc1ccc(C(=O)OC)cc1Br. The summed E-state index contributed by atoms with van der Waals surface area (Å²) < 4.78 is 10.0. The van der Waals surface area contributed by atoms with Gasteiger partial charge < -0.3 is 14.8 Å². The zero-order valence-corrected chi connectivity index (χ0v) is 12.5. The highest BCUT2D eigenvalue weighted by Gasteiger charge is 2.08. The summed E-state index contributed by atoms with van der Waals surface area (Å²) in [5.41, 5.74) is 1.49. The van der Waals surface area contributed by atoms with E-state index in [1.54, 1.807) is 12.1 Å². The van der Waals surface area contributed by atoms with Gasteiger partial charge in [0.2, 0.25) is 0 Å². The Bertz CT molecular complexity index is 462. The third kappa shape index (κ3) is 5.00. The average Bonchev–Trinajstić information content (AvgIpc) is 2.43. The maximum absolute atomic E-state index is 11.3. The summed E-state index contributed by atoms with van der Waals surface area (Å²) in [6.07, 6.45) is 0.328. The predicted molar refractivity (Wildman–Crippen MR) is 73.8 cm³/mol. The molecule has 0 bridgehead atoms. The molecule has 0 saturated carbocycles. The van der Waals surface area contributed by atoms with Crippen LogP contribution in [0.1, 0.15) is 22.3 Å². The van der Waals surface area contributed by atoms with Crippen LogP contribution in [0.3, 0.4) is 0 Å². The highest BCUT2D eigenvalue weighted by molar-refractivity contribution is 9.10. The number of hydrogen-bond acceptors (Lipinski definition) is 5. The van der Waals surface area contributed by atoms with Crippen LogP contribution in [-0.4, -0.2) is 32.7 Å². The van der Waals surface area contributed by atoms with Gasteiger partial charge in [-0.25, -0.2) is 4.79 Å². The second-order valence-corrected chi connectivity index (χ2v) is 4.66. The largest absolute Gasteiger partial charge is 0.469 e. The number of benzene rings is 1. The van der Waals surface area contributed by atoms with Crippen LogP contribution in [0.2, 0.25) is 0 Å². The Hall–Kier alpha value is -1.40. The van der Waals surface area contributed by atoms with Crippen LogP contribution in [0.4, 0.5) is 0 Å². The molecule has 0 aliphatic rings. The molecule has 0 unspecified atom stereocenters. The summed E-state index contributed by atoms with van der Waals surface area (Å²) >= 11 is 3.40. The van der Waals surface area contributed by atoms with Gasteiger partial charge in [0.1, 0.15) is 0 Å². The Morgan fingerprint density at radius 2 is 2.00 bits per heavy atom. The van der Waals surface area contributed by atoms with Gasteiger partial charge in [0.25, 0.3) is 0 Å². The Morgan fingerprint density at radius 3 is 2.58 bits per heavy atom. The van der Waals surface area contributed by atoms with E-state index in [0.29, 0.717) is 25.1 Å². The lowest BCUT2D eigenvalue weighted by Gasteiger charge is -2.08. The van der Waals surface area contributed by atoms with Crippen LogP contribution in [0.5, 0.6) is 0 Å². The molecule has 104 valence electrons. The maximum Gasteiger partial charge on any atom is 0.337 e. The molecule has 1 rings (SSSR count). The van der Waals surface area contributed by atoms with Crippen molar-refractivity contribution in [1.82, 2.24) is 5.32 Å². The van der Waals surface area contributed by atoms with Crippen LogP contribution in [0.25, 0.3) is 0 Å². The number of ether oxygens (including phenoxy) is 2. The molecule has 0 aromatic heterocycles. The normalized spacial score (nSPS) is 10.1. The topological polar surface area (TPSA) is 64.6 Å². The molecule has 0 aliphatic heterocycles. The van der Waals surface area contributed by atoms with Crippen molar-refractivity contribution in [3.63, 3.8) is 0 Å². The number of hydrogen-bond donors (Lipinski definition) is 1. The molecule has 0 saturated heterocycles. The highest BCUT2D eigenvalue weighted by atomic mass is 79.9. The lowest BCUT2D eigenvalue weighted by Crippen LogP contribution is -2.18. The van der Waals surface area contributed by atoms with E-state index in [1.165, 1.54) is 14.2 Å². The Labute approximate surface area is 120 Å². The molecule has 19 heavy (non-hydrogen) atoms. The van der Waals surface area contributed by atoms with Crippen molar-refractivity contribution in [2.24, 2.45) is 0 Å². The van der Waals surface area contributed by atoms with Crippen molar-refractivity contribution in [3.8, 4) is 0 Å². The monoisotopic (exact) mass is 329 g/mol. The number of halogens is 1. The number of nitrogens with one attached hydrogen (secondary N) is 1. The second kappa shape index (κ2) is 7.91. The van der Waals surface area contributed by atoms with Crippen molar-refractivity contribution in [1.29, 1.82) is 0 Å². The molecular formula is C13H16BrNO4. The minimum atomic E-state index is -0.370. The molecule has 1 aromatic rings. The molecule has 0 amide bonds. The van der Waals surface area contributed by atoms with Crippen molar-refractivity contribution in [2.45, 2.75) is 13.0 Å². The van der Waals surface area contributed by atoms with Crippen LogP contribution in [0, 0.1) is 0 Å². The first-order valence-electron chi connectivity index (χ1n) is 5.72. The van der Waals surface area contributed by atoms with Gasteiger partial charge in [-0.1, -0.05) is 22.0 Å². The van der Waals surface area contributed by atoms with E-state index in [9.17, 15) is 9.59 Å². The minimum Gasteiger partial charge on any atom is -0.469 e. The molecule has 0 radical (unpaired) electrons. The molecule has 0 fully saturated rings. The lowest BCUT2D eigenvalue weighted by atomic mass is 10.1. The summed E-state index contributed by atoms with van der Waals surface area (Å²) in [4.78, 5) is 22.3. The van der Waals surface area contributed by atoms with Gasteiger partial charge in [0.05, 0.1) is 26.2 Å². The first kappa shape index (κ1) is 15.7. The fourth-order valence-corrected chi connectivity index (χ4v) is 1.97. The lowest BCUT2D eigenvalue weighted by molar-refractivity contribution is -0.140. The number of rotatable bonds is 6. The summed E-state index contributed by atoms with van der Waals surface area (Å²) in [5, 5.41) is 3.12. The Morgan fingerprint density at radius 1 is 1.26 bits per heavy atom. The summed E-state index contributed by atoms with van der Waals surface area (Å²) in [7, 11) is 2.71. The van der Waals surface area contributed by atoms with E-state index in [4.69, 9.17) is 0 Å². The van der Waals surface area contributed by atoms with E-state index in [0.717, 1.165) is 10.0 Å². The summed E-state index contributed by atoms with van der Waals surface area (Å²) in [6.45, 7) is 1.14. The highest BCUT2D eigenvalue weighted by Crippen LogP contribution is 2.19. The predicted octanol–water partition coefficient (Wildman–Crippen LogP) is 1.89. The molecule has 0 spiro atoms. The van der Waals surface area contributed by atoms with Crippen molar-refractivity contribution in [2.75, 3.05) is 20.8 Å². The second-order valence-electron chi connectivity index (χ2n) is 3.80. The summed E-state index contributed by atoms with van der Waals surface area (Å²) in [6, 6.07) is 5.25. The number of carbonyl (C=O) groups is 2. The zero-order chi connectivity index (χ0) is 14.3. The smallest absolute Gasteiger partial charge is 0.337 e. The van der Waals surface area contributed by atoms with Gasteiger partial charge in [-0.05, 0) is 17.7 Å². The van der Waals surface area contributed by atoms with E-state index >= 15 is 0 Å². The zero-order valence-electron chi connectivity index (χ0n) is 10.9. The molecule has 0 atom stereocenters. The quantitative estimate of drug-likeness (QED) is 0.637. The van der Waals surface area contributed by atoms with Gasteiger partial charge >= 0.3 is 11.9 Å². The van der Waals surface area contributed by atoms with Crippen LogP contribution >= 0.6 is 15.9 Å². The Balaban J connectivity index is 2.51. The molecule has 1 aromatic carbocycles. The van der Waals surface area contributed by atoms with Crippen molar-refractivity contribution >= 4 is 27.9 Å². The molecule has 1 N–H and O–H groups in total.